The second-order valence-corrected chi connectivity index (χ2v) is 3.77. The van der Waals surface area contributed by atoms with Crippen LogP contribution in [0, 0.1) is 11.6 Å². The van der Waals surface area contributed by atoms with Crippen molar-refractivity contribution in [1.29, 1.82) is 0 Å². The topological polar surface area (TPSA) is 77.0 Å². The van der Waals surface area contributed by atoms with E-state index >= 15 is 0 Å². The first kappa shape index (κ1) is 12.4. The molecule has 2 aromatic rings. The normalized spacial score (nSPS) is 12.4. The number of hydrazine groups is 1. The maximum absolute atomic E-state index is 13.7. The van der Waals surface area contributed by atoms with Gasteiger partial charge in [-0.05, 0) is 24.3 Å². The molecule has 1 aromatic heterocycles. The predicted octanol–water partition coefficient (Wildman–Crippen LogP) is 1.49. The monoisotopic (exact) mass is 250 g/mol. The summed E-state index contributed by atoms with van der Waals surface area (Å²) in [4.78, 5) is 3.65. The predicted molar refractivity (Wildman–Crippen MR) is 64.2 cm³/mol. The van der Waals surface area contributed by atoms with Gasteiger partial charge in [0.1, 0.15) is 11.6 Å². The van der Waals surface area contributed by atoms with Crippen LogP contribution in [0.2, 0.25) is 0 Å². The van der Waals surface area contributed by atoms with Crippen molar-refractivity contribution in [3.63, 3.8) is 0 Å². The van der Waals surface area contributed by atoms with Gasteiger partial charge in [-0.25, -0.2) is 14.2 Å². The van der Waals surface area contributed by atoms with Crippen molar-refractivity contribution in [3.05, 3.63) is 59.4 Å². The van der Waals surface area contributed by atoms with Gasteiger partial charge in [-0.15, -0.1) is 0 Å². The third-order valence-corrected chi connectivity index (χ3v) is 2.64. The van der Waals surface area contributed by atoms with E-state index in [1.807, 2.05) is 0 Å². The van der Waals surface area contributed by atoms with Crippen LogP contribution in [-0.2, 0) is 0 Å². The zero-order valence-corrected chi connectivity index (χ0v) is 9.40. The average Bonchev–Trinajstić information content (AvgIpc) is 2.36. The number of nitrogen functional groups attached to an aromatic ring is 1. The molecule has 18 heavy (non-hydrogen) atoms. The molecule has 0 aliphatic rings. The number of aromatic nitrogens is 1. The van der Waals surface area contributed by atoms with Crippen molar-refractivity contribution < 1.29 is 8.78 Å². The molecule has 5 N–H and O–H groups in total. The molecule has 2 rings (SSSR count). The van der Waals surface area contributed by atoms with Crippen LogP contribution in [0.1, 0.15) is 17.2 Å². The lowest BCUT2D eigenvalue weighted by atomic mass is 9.98. The van der Waals surface area contributed by atoms with Crippen molar-refractivity contribution >= 4 is 5.69 Å². The molecule has 0 saturated carbocycles. The summed E-state index contributed by atoms with van der Waals surface area (Å²) in [7, 11) is 0. The first-order valence-electron chi connectivity index (χ1n) is 5.24. The average molecular weight is 250 g/mol. The maximum atomic E-state index is 13.7. The van der Waals surface area contributed by atoms with Crippen molar-refractivity contribution in [2.75, 3.05) is 5.73 Å². The number of anilines is 1. The van der Waals surface area contributed by atoms with Crippen LogP contribution in [0.15, 0.2) is 36.7 Å². The second-order valence-electron chi connectivity index (χ2n) is 3.77. The molecule has 0 aliphatic heterocycles. The molecule has 0 aliphatic carbocycles. The third-order valence-electron chi connectivity index (χ3n) is 2.64. The number of halogens is 2. The summed E-state index contributed by atoms with van der Waals surface area (Å²) >= 11 is 0. The summed E-state index contributed by atoms with van der Waals surface area (Å²) in [6.45, 7) is 0. The fraction of sp³-hybridized carbons (Fsp3) is 0.0833. The SMILES string of the molecule is NNC(c1cc(F)ccc1N)c1ccncc1F. The fourth-order valence-corrected chi connectivity index (χ4v) is 1.76. The van der Waals surface area contributed by atoms with Crippen LogP contribution in [-0.4, -0.2) is 4.98 Å². The van der Waals surface area contributed by atoms with Crippen LogP contribution < -0.4 is 17.0 Å². The van der Waals surface area contributed by atoms with E-state index in [-0.39, 0.29) is 5.56 Å². The van der Waals surface area contributed by atoms with Gasteiger partial charge in [-0.2, -0.15) is 0 Å². The Morgan fingerprint density at radius 3 is 2.61 bits per heavy atom. The number of nitrogens with one attached hydrogen (secondary N) is 1. The lowest BCUT2D eigenvalue weighted by Crippen LogP contribution is -2.30. The van der Waals surface area contributed by atoms with Crippen LogP contribution in [0.3, 0.4) is 0 Å². The maximum Gasteiger partial charge on any atom is 0.146 e. The van der Waals surface area contributed by atoms with E-state index in [2.05, 4.69) is 10.4 Å². The highest BCUT2D eigenvalue weighted by Gasteiger charge is 2.19. The Balaban J connectivity index is 2.52. The Kier molecular flexibility index (Phi) is 3.50. The van der Waals surface area contributed by atoms with E-state index in [4.69, 9.17) is 11.6 Å². The zero-order valence-electron chi connectivity index (χ0n) is 9.40. The van der Waals surface area contributed by atoms with Crippen molar-refractivity contribution in [2.24, 2.45) is 5.84 Å². The number of nitrogens with zero attached hydrogens (tertiary/aromatic N) is 1. The molecule has 1 heterocycles. The van der Waals surface area contributed by atoms with E-state index in [9.17, 15) is 8.78 Å². The molecule has 6 heteroatoms. The molecule has 0 fully saturated rings. The smallest absolute Gasteiger partial charge is 0.146 e. The molecule has 0 spiro atoms. The second kappa shape index (κ2) is 5.07. The number of hydrogen-bond acceptors (Lipinski definition) is 4. The molecule has 1 atom stereocenters. The van der Waals surface area contributed by atoms with Gasteiger partial charge in [0.2, 0.25) is 0 Å². The minimum absolute atomic E-state index is 0.254. The summed E-state index contributed by atoms with van der Waals surface area (Å²) in [5.74, 6) is 4.41. The van der Waals surface area contributed by atoms with Gasteiger partial charge in [0.15, 0.2) is 0 Å². The van der Waals surface area contributed by atoms with E-state index in [0.29, 0.717) is 11.3 Å². The molecule has 0 radical (unpaired) electrons. The standard InChI is InChI=1S/C12H12F2N4/c13-7-1-2-11(15)9(5-7)12(18-16)8-3-4-17-6-10(8)14/h1-6,12,18H,15-16H2. The summed E-state index contributed by atoms with van der Waals surface area (Å²) in [6, 6.07) is 4.59. The number of pyridine rings is 1. The van der Waals surface area contributed by atoms with E-state index in [0.717, 1.165) is 6.20 Å². The van der Waals surface area contributed by atoms with Crippen molar-refractivity contribution in [2.45, 2.75) is 6.04 Å². The summed E-state index contributed by atoms with van der Waals surface area (Å²) in [5, 5.41) is 0. The third kappa shape index (κ3) is 2.29. The number of nitrogens with two attached hydrogens (primary N) is 2. The number of hydrogen-bond donors (Lipinski definition) is 3. The van der Waals surface area contributed by atoms with Crippen LogP contribution in [0.25, 0.3) is 0 Å². The molecule has 4 nitrogen and oxygen atoms in total. The highest BCUT2D eigenvalue weighted by Crippen LogP contribution is 2.28. The Labute approximate surface area is 103 Å². The molecule has 1 aromatic carbocycles. The Hall–Kier alpha value is -2.05. The number of rotatable bonds is 3. The van der Waals surface area contributed by atoms with Gasteiger partial charge < -0.3 is 5.73 Å². The molecular formula is C12H12F2N4. The Bertz CT molecular complexity index is 560. The molecule has 94 valence electrons. The van der Waals surface area contributed by atoms with Crippen molar-refractivity contribution in [1.82, 2.24) is 10.4 Å². The van der Waals surface area contributed by atoms with Crippen molar-refractivity contribution in [3.8, 4) is 0 Å². The highest BCUT2D eigenvalue weighted by atomic mass is 19.1. The molecule has 1 unspecified atom stereocenters. The van der Waals surface area contributed by atoms with E-state index in [1.54, 1.807) is 0 Å². The Morgan fingerprint density at radius 2 is 1.94 bits per heavy atom. The van der Waals surface area contributed by atoms with Gasteiger partial charge >= 0.3 is 0 Å². The molecular weight excluding hydrogens is 238 g/mol. The van der Waals surface area contributed by atoms with Gasteiger partial charge in [-0.3, -0.25) is 10.8 Å². The zero-order chi connectivity index (χ0) is 13.1. The molecule has 0 amide bonds. The largest absolute Gasteiger partial charge is 0.398 e. The summed E-state index contributed by atoms with van der Waals surface area (Å²) in [5.41, 5.74) is 9.14. The summed E-state index contributed by atoms with van der Waals surface area (Å²) in [6.07, 6.45) is 2.49. The highest BCUT2D eigenvalue weighted by molar-refractivity contribution is 5.51. The van der Waals surface area contributed by atoms with E-state index < -0.39 is 17.7 Å². The number of benzene rings is 1. The van der Waals surface area contributed by atoms with Crippen LogP contribution in [0.5, 0.6) is 0 Å². The van der Waals surface area contributed by atoms with Gasteiger partial charge in [0.25, 0.3) is 0 Å². The minimum atomic E-state index is -0.733. The lowest BCUT2D eigenvalue weighted by Gasteiger charge is -2.19. The van der Waals surface area contributed by atoms with Gasteiger partial charge in [0.05, 0.1) is 12.2 Å². The van der Waals surface area contributed by atoms with Crippen LogP contribution >= 0.6 is 0 Å². The van der Waals surface area contributed by atoms with E-state index in [1.165, 1.54) is 30.5 Å². The Morgan fingerprint density at radius 1 is 1.17 bits per heavy atom. The van der Waals surface area contributed by atoms with Crippen LogP contribution in [0.4, 0.5) is 14.5 Å². The first-order chi connectivity index (χ1) is 8.63. The minimum Gasteiger partial charge on any atom is -0.398 e. The lowest BCUT2D eigenvalue weighted by molar-refractivity contribution is 0.552. The molecule has 0 bridgehead atoms. The quantitative estimate of drug-likeness (QED) is 0.438. The molecule has 0 saturated heterocycles. The first-order valence-corrected chi connectivity index (χ1v) is 5.24. The van der Waals surface area contributed by atoms with Gasteiger partial charge in [0, 0.05) is 23.0 Å². The fourth-order valence-electron chi connectivity index (χ4n) is 1.76. The van der Waals surface area contributed by atoms with Gasteiger partial charge in [-0.1, -0.05) is 0 Å². The summed E-state index contributed by atoms with van der Waals surface area (Å²) < 4.78 is 26.9.